The van der Waals surface area contributed by atoms with Gasteiger partial charge in [0, 0.05) is 5.02 Å². The maximum Gasteiger partial charge on any atom is 0.129 e. The number of benzene rings is 1. The van der Waals surface area contributed by atoms with Crippen molar-refractivity contribution in [2.24, 2.45) is 0 Å². The average molecular weight is 333 g/mol. The van der Waals surface area contributed by atoms with Crippen molar-refractivity contribution in [3.05, 3.63) is 32.2 Å². The van der Waals surface area contributed by atoms with E-state index in [1.165, 1.54) is 0 Å². The summed E-state index contributed by atoms with van der Waals surface area (Å²) < 4.78 is 6.41. The van der Waals surface area contributed by atoms with Gasteiger partial charge in [-0.25, -0.2) is 4.98 Å². The lowest BCUT2D eigenvalue weighted by atomic mass is 10.1. The quantitative estimate of drug-likeness (QED) is 0.784. The maximum atomic E-state index is 6.15. The molecule has 0 fully saturated rings. The van der Waals surface area contributed by atoms with Crippen LogP contribution in [0.2, 0.25) is 5.02 Å². The van der Waals surface area contributed by atoms with E-state index in [0.29, 0.717) is 0 Å². The molecule has 1 heterocycles. The molecule has 0 N–H and O–H groups in total. The molecule has 17 heavy (non-hydrogen) atoms. The number of thiazole rings is 1. The first-order valence-corrected chi connectivity index (χ1v) is 6.99. The molecule has 0 atom stereocenters. The monoisotopic (exact) mass is 331 g/mol. The third kappa shape index (κ3) is 2.49. The second-order valence-corrected chi connectivity index (χ2v) is 6.40. The summed E-state index contributed by atoms with van der Waals surface area (Å²) in [5, 5.41) is 1.64. The predicted octanol–water partition coefficient (Wildman–Crippen LogP) is 4.85. The minimum absolute atomic E-state index is 0.727. The zero-order chi connectivity index (χ0) is 12.6. The van der Waals surface area contributed by atoms with Crippen molar-refractivity contribution in [1.29, 1.82) is 0 Å². The van der Waals surface area contributed by atoms with Crippen molar-refractivity contribution in [2.45, 2.75) is 13.8 Å². The van der Waals surface area contributed by atoms with Gasteiger partial charge in [0.2, 0.25) is 0 Å². The largest absolute Gasteiger partial charge is 0.496 e. The van der Waals surface area contributed by atoms with Gasteiger partial charge in [0.25, 0.3) is 0 Å². The Morgan fingerprint density at radius 3 is 2.59 bits per heavy atom. The van der Waals surface area contributed by atoms with Crippen LogP contribution in [0.3, 0.4) is 0 Å². The van der Waals surface area contributed by atoms with Gasteiger partial charge in [0.1, 0.15) is 10.8 Å². The van der Waals surface area contributed by atoms with Gasteiger partial charge >= 0.3 is 0 Å². The molecule has 0 bridgehead atoms. The number of ether oxygens (including phenoxy) is 1. The number of hydrogen-bond acceptors (Lipinski definition) is 3. The Bertz CT molecular complexity index is 548. The van der Waals surface area contributed by atoms with Crippen LogP contribution in [0, 0.1) is 13.8 Å². The predicted molar refractivity (Wildman–Crippen MR) is 76.3 cm³/mol. The van der Waals surface area contributed by atoms with Crippen molar-refractivity contribution in [3.63, 3.8) is 0 Å². The molecule has 0 saturated carbocycles. The second kappa shape index (κ2) is 4.96. The van der Waals surface area contributed by atoms with Crippen molar-refractivity contribution in [3.8, 4) is 16.3 Å². The summed E-state index contributed by atoms with van der Waals surface area (Å²) in [6, 6.07) is 3.84. The lowest BCUT2D eigenvalue weighted by Gasteiger charge is -2.08. The number of aryl methyl sites for hydroxylation is 2. The fourth-order valence-electron chi connectivity index (χ4n) is 1.48. The lowest BCUT2D eigenvalue weighted by molar-refractivity contribution is 0.416. The molecule has 5 heteroatoms. The van der Waals surface area contributed by atoms with Crippen LogP contribution in [0.15, 0.2) is 15.9 Å². The molecule has 1 aromatic heterocycles. The minimum Gasteiger partial charge on any atom is -0.496 e. The molecule has 0 unspecified atom stereocenters. The fourth-order valence-corrected chi connectivity index (χ4v) is 3.01. The van der Waals surface area contributed by atoms with Gasteiger partial charge in [-0.15, -0.1) is 11.3 Å². The van der Waals surface area contributed by atoms with Crippen LogP contribution in [0.5, 0.6) is 5.75 Å². The Labute approximate surface area is 118 Å². The van der Waals surface area contributed by atoms with Gasteiger partial charge in [0.15, 0.2) is 0 Å². The van der Waals surface area contributed by atoms with E-state index in [2.05, 4.69) is 20.9 Å². The zero-order valence-electron chi connectivity index (χ0n) is 9.67. The number of hydrogen-bond donors (Lipinski definition) is 0. The highest BCUT2D eigenvalue weighted by atomic mass is 79.9. The van der Waals surface area contributed by atoms with Crippen molar-refractivity contribution >= 4 is 38.9 Å². The first kappa shape index (κ1) is 12.9. The SMILES string of the molecule is COc1cc(C)c(Cl)cc1-c1nc(C)c(Br)s1. The van der Waals surface area contributed by atoms with E-state index in [-0.39, 0.29) is 0 Å². The maximum absolute atomic E-state index is 6.15. The van der Waals surface area contributed by atoms with E-state index in [1.807, 2.05) is 26.0 Å². The molecule has 1 aromatic carbocycles. The van der Waals surface area contributed by atoms with Crippen LogP contribution >= 0.6 is 38.9 Å². The van der Waals surface area contributed by atoms with Crippen LogP contribution in [0.4, 0.5) is 0 Å². The van der Waals surface area contributed by atoms with Crippen LogP contribution in [-0.2, 0) is 0 Å². The Morgan fingerprint density at radius 2 is 2.06 bits per heavy atom. The van der Waals surface area contributed by atoms with Gasteiger partial charge in [-0.2, -0.15) is 0 Å². The molecule has 2 rings (SSSR count). The van der Waals surface area contributed by atoms with Crippen molar-refractivity contribution in [1.82, 2.24) is 4.98 Å². The molecule has 0 aliphatic carbocycles. The third-order valence-corrected chi connectivity index (χ3v) is 4.90. The summed E-state index contributed by atoms with van der Waals surface area (Å²) >= 11 is 11.2. The van der Waals surface area contributed by atoms with E-state index < -0.39 is 0 Å². The Hall–Kier alpha value is -0.580. The smallest absolute Gasteiger partial charge is 0.129 e. The molecular formula is C12H11BrClNOS. The Morgan fingerprint density at radius 1 is 1.35 bits per heavy atom. The molecule has 0 amide bonds. The fraction of sp³-hybridized carbons (Fsp3) is 0.250. The number of methoxy groups -OCH3 is 1. The summed E-state index contributed by atoms with van der Waals surface area (Å²) in [7, 11) is 1.65. The number of nitrogens with zero attached hydrogens (tertiary/aromatic N) is 1. The van der Waals surface area contributed by atoms with Gasteiger partial charge in [-0.05, 0) is 47.5 Å². The molecule has 0 aliphatic heterocycles. The van der Waals surface area contributed by atoms with E-state index in [1.54, 1.807) is 18.4 Å². The molecule has 0 saturated heterocycles. The zero-order valence-corrected chi connectivity index (χ0v) is 12.8. The van der Waals surface area contributed by atoms with Crippen molar-refractivity contribution in [2.75, 3.05) is 7.11 Å². The second-order valence-electron chi connectivity index (χ2n) is 3.68. The number of halogens is 2. The van der Waals surface area contributed by atoms with Crippen LogP contribution in [0.1, 0.15) is 11.3 Å². The molecule has 2 nitrogen and oxygen atoms in total. The third-order valence-electron chi connectivity index (χ3n) is 2.45. The normalized spacial score (nSPS) is 10.6. The number of aromatic nitrogens is 1. The molecule has 2 aromatic rings. The molecule has 0 spiro atoms. The molecule has 0 radical (unpaired) electrons. The molecule has 0 aliphatic rings. The number of rotatable bonds is 2. The molecular weight excluding hydrogens is 322 g/mol. The van der Waals surface area contributed by atoms with Crippen molar-refractivity contribution < 1.29 is 4.74 Å². The van der Waals surface area contributed by atoms with Crippen LogP contribution in [-0.4, -0.2) is 12.1 Å². The Kier molecular flexibility index (Phi) is 3.76. The Balaban J connectivity index is 2.61. The summed E-state index contributed by atoms with van der Waals surface area (Å²) in [6.45, 7) is 3.92. The van der Waals surface area contributed by atoms with Crippen LogP contribution < -0.4 is 4.74 Å². The summed E-state index contributed by atoms with van der Waals surface area (Å²) in [5.41, 5.74) is 2.91. The van der Waals surface area contributed by atoms with Gasteiger partial charge in [-0.3, -0.25) is 0 Å². The lowest BCUT2D eigenvalue weighted by Crippen LogP contribution is -1.89. The first-order chi connectivity index (χ1) is 8.02. The minimum atomic E-state index is 0.727. The average Bonchev–Trinajstić information content (AvgIpc) is 2.62. The van der Waals surface area contributed by atoms with E-state index >= 15 is 0 Å². The molecule has 90 valence electrons. The highest BCUT2D eigenvalue weighted by molar-refractivity contribution is 9.11. The van der Waals surface area contributed by atoms with E-state index in [0.717, 1.165) is 36.4 Å². The highest BCUT2D eigenvalue weighted by Gasteiger charge is 2.14. The van der Waals surface area contributed by atoms with E-state index in [4.69, 9.17) is 16.3 Å². The topological polar surface area (TPSA) is 22.1 Å². The van der Waals surface area contributed by atoms with E-state index in [9.17, 15) is 0 Å². The highest BCUT2D eigenvalue weighted by Crippen LogP contribution is 2.39. The first-order valence-electron chi connectivity index (χ1n) is 5.00. The van der Waals surface area contributed by atoms with Gasteiger partial charge < -0.3 is 4.74 Å². The standard InChI is InChI=1S/C12H11BrClNOS/c1-6-4-10(16-3)8(5-9(6)14)12-15-7(2)11(13)17-12/h4-5H,1-3H3. The summed E-state index contributed by atoms with van der Waals surface area (Å²) in [4.78, 5) is 4.49. The summed E-state index contributed by atoms with van der Waals surface area (Å²) in [5.74, 6) is 0.799. The summed E-state index contributed by atoms with van der Waals surface area (Å²) in [6.07, 6.45) is 0. The van der Waals surface area contributed by atoms with Gasteiger partial charge in [-0.1, -0.05) is 11.6 Å². The van der Waals surface area contributed by atoms with Gasteiger partial charge in [0.05, 0.1) is 22.2 Å². The van der Waals surface area contributed by atoms with Crippen LogP contribution in [0.25, 0.3) is 10.6 Å².